The van der Waals surface area contributed by atoms with Crippen molar-refractivity contribution >= 4 is 0 Å². The average Bonchev–Trinajstić information content (AvgIpc) is 2.02. The Morgan fingerprint density at radius 3 is 2.55 bits per heavy atom. The van der Waals surface area contributed by atoms with Crippen LogP contribution in [0, 0.1) is 0 Å². The molecule has 0 bridgehead atoms. The smallest absolute Gasteiger partial charge is 0.0184 e. The van der Waals surface area contributed by atoms with Gasteiger partial charge in [0.1, 0.15) is 0 Å². The van der Waals surface area contributed by atoms with E-state index in [0.717, 1.165) is 6.42 Å². The zero-order valence-electron chi connectivity index (χ0n) is 8.11. The maximum atomic E-state index is 3.76. The largest absolute Gasteiger partial charge is 0.314 e. The molecule has 66 valence electrons. The first-order valence-corrected chi connectivity index (χ1v) is 4.48. The molecule has 0 amide bonds. The number of hydrogen-bond acceptors (Lipinski definition) is 1. The summed E-state index contributed by atoms with van der Waals surface area (Å²) < 4.78 is 0. The fourth-order valence-electron chi connectivity index (χ4n) is 1.21. The van der Waals surface area contributed by atoms with Crippen LogP contribution in [0.1, 0.15) is 39.5 Å². The standard InChI is InChI=1S/C10H21N/c1-5-7-9-10(3,11-4)8-6-2/h6,11H,2,5,7-9H2,1,3-4H3. The lowest BCUT2D eigenvalue weighted by Crippen LogP contribution is -2.38. The first-order valence-electron chi connectivity index (χ1n) is 4.48. The molecule has 0 rings (SSSR count). The van der Waals surface area contributed by atoms with Crippen molar-refractivity contribution in [3.8, 4) is 0 Å². The van der Waals surface area contributed by atoms with Gasteiger partial charge >= 0.3 is 0 Å². The molecule has 0 aliphatic rings. The zero-order valence-corrected chi connectivity index (χ0v) is 8.11. The second-order valence-electron chi connectivity index (χ2n) is 3.41. The summed E-state index contributed by atoms with van der Waals surface area (Å²) >= 11 is 0. The van der Waals surface area contributed by atoms with E-state index in [1.165, 1.54) is 19.3 Å². The molecule has 0 aromatic rings. The van der Waals surface area contributed by atoms with Crippen molar-refractivity contribution in [1.82, 2.24) is 5.32 Å². The van der Waals surface area contributed by atoms with E-state index in [1.807, 2.05) is 13.1 Å². The second kappa shape index (κ2) is 5.36. The summed E-state index contributed by atoms with van der Waals surface area (Å²) in [5, 5.41) is 3.34. The van der Waals surface area contributed by atoms with E-state index in [9.17, 15) is 0 Å². The van der Waals surface area contributed by atoms with E-state index in [4.69, 9.17) is 0 Å². The highest BCUT2D eigenvalue weighted by atomic mass is 14.9. The molecule has 0 aliphatic carbocycles. The van der Waals surface area contributed by atoms with Crippen LogP contribution in [0.4, 0.5) is 0 Å². The van der Waals surface area contributed by atoms with Crippen molar-refractivity contribution in [3.05, 3.63) is 12.7 Å². The zero-order chi connectivity index (χ0) is 8.74. The topological polar surface area (TPSA) is 12.0 Å². The molecular formula is C10H21N. The van der Waals surface area contributed by atoms with Crippen LogP contribution in [0.25, 0.3) is 0 Å². The fourth-order valence-corrected chi connectivity index (χ4v) is 1.21. The van der Waals surface area contributed by atoms with Gasteiger partial charge in [0.25, 0.3) is 0 Å². The molecule has 1 atom stereocenters. The van der Waals surface area contributed by atoms with Gasteiger partial charge in [-0.15, -0.1) is 6.58 Å². The Bertz CT molecular complexity index is 109. The minimum Gasteiger partial charge on any atom is -0.314 e. The van der Waals surface area contributed by atoms with E-state index in [2.05, 4.69) is 25.7 Å². The number of nitrogens with one attached hydrogen (secondary N) is 1. The molecule has 1 N–H and O–H groups in total. The third-order valence-corrected chi connectivity index (χ3v) is 2.28. The normalized spacial score (nSPS) is 15.9. The van der Waals surface area contributed by atoms with Crippen molar-refractivity contribution in [3.63, 3.8) is 0 Å². The Morgan fingerprint density at radius 1 is 1.55 bits per heavy atom. The molecule has 11 heavy (non-hydrogen) atoms. The van der Waals surface area contributed by atoms with Crippen molar-refractivity contribution in [2.24, 2.45) is 0 Å². The molecule has 0 aliphatic heterocycles. The lowest BCUT2D eigenvalue weighted by Gasteiger charge is -2.27. The monoisotopic (exact) mass is 155 g/mol. The first kappa shape index (κ1) is 10.7. The lowest BCUT2D eigenvalue weighted by molar-refractivity contribution is 0.350. The molecule has 0 fully saturated rings. The molecular weight excluding hydrogens is 134 g/mol. The van der Waals surface area contributed by atoms with Crippen molar-refractivity contribution in [2.75, 3.05) is 7.05 Å². The molecule has 1 unspecified atom stereocenters. The van der Waals surface area contributed by atoms with Gasteiger partial charge in [0, 0.05) is 5.54 Å². The van der Waals surface area contributed by atoms with Gasteiger partial charge in [-0.05, 0) is 26.8 Å². The molecule has 0 aromatic heterocycles. The Morgan fingerprint density at radius 2 is 2.18 bits per heavy atom. The summed E-state index contributed by atoms with van der Waals surface area (Å²) in [6.07, 6.45) is 6.86. The third kappa shape index (κ3) is 4.20. The summed E-state index contributed by atoms with van der Waals surface area (Å²) in [5.74, 6) is 0. The fraction of sp³-hybridized carbons (Fsp3) is 0.800. The van der Waals surface area contributed by atoms with Crippen molar-refractivity contribution < 1.29 is 0 Å². The predicted molar refractivity (Wildman–Crippen MR) is 51.8 cm³/mol. The van der Waals surface area contributed by atoms with Gasteiger partial charge in [-0.2, -0.15) is 0 Å². The molecule has 0 aromatic carbocycles. The van der Waals surface area contributed by atoms with Crippen LogP contribution in [0.15, 0.2) is 12.7 Å². The van der Waals surface area contributed by atoms with Crippen molar-refractivity contribution in [2.45, 2.75) is 45.1 Å². The van der Waals surface area contributed by atoms with Gasteiger partial charge in [0.2, 0.25) is 0 Å². The molecule has 1 nitrogen and oxygen atoms in total. The van der Waals surface area contributed by atoms with E-state index in [0.29, 0.717) is 0 Å². The van der Waals surface area contributed by atoms with Gasteiger partial charge in [-0.1, -0.05) is 25.8 Å². The van der Waals surface area contributed by atoms with E-state index >= 15 is 0 Å². The molecule has 0 spiro atoms. The Kier molecular flexibility index (Phi) is 5.22. The van der Waals surface area contributed by atoms with Crippen LogP contribution in [0.5, 0.6) is 0 Å². The maximum absolute atomic E-state index is 3.76. The van der Waals surface area contributed by atoms with Crippen LogP contribution in [-0.2, 0) is 0 Å². The third-order valence-electron chi connectivity index (χ3n) is 2.28. The Balaban J connectivity index is 3.77. The van der Waals surface area contributed by atoms with Gasteiger partial charge in [-0.3, -0.25) is 0 Å². The Hall–Kier alpha value is -0.300. The van der Waals surface area contributed by atoms with Crippen LogP contribution in [-0.4, -0.2) is 12.6 Å². The van der Waals surface area contributed by atoms with Gasteiger partial charge in [-0.25, -0.2) is 0 Å². The van der Waals surface area contributed by atoms with Crippen LogP contribution < -0.4 is 5.32 Å². The number of rotatable bonds is 6. The maximum Gasteiger partial charge on any atom is 0.0184 e. The van der Waals surface area contributed by atoms with E-state index < -0.39 is 0 Å². The molecule has 0 saturated heterocycles. The Labute approximate surface area is 70.9 Å². The molecule has 1 heteroatoms. The molecule has 0 heterocycles. The highest BCUT2D eigenvalue weighted by Crippen LogP contribution is 2.17. The summed E-state index contributed by atoms with van der Waals surface area (Å²) in [4.78, 5) is 0. The number of unbranched alkanes of at least 4 members (excludes halogenated alkanes) is 1. The molecule has 0 saturated carbocycles. The highest BCUT2D eigenvalue weighted by Gasteiger charge is 2.18. The minimum absolute atomic E-state index is 0.276. The van der Waals surface area contributed by atoms with Crippen LogP contribution in [0.3, 0.4) is 0 Å². The minimum atomic E-state index is 0.276. The lowest BCUT2D eigenvalue weighted by atomic mass is 9.91. The van der Waals surface area contributed by atoms with E-state index in [-0.39, 0.29) is 5.54 Å². The van der Waals surface area contributed by atoms with Crippen molar-refractivity contribution in [1.29, 1.82) is 0 Å². The summed E-state index contributed by atoms with van der Waals surface area (Å²) in [7, 11) is 2.03. The average molecular weight is 155 g/mol. The van der Waals surface area contributed by atoms with E-state index in [1.54, 1.807) is 0 Å². The number of hydrogen-bond donors (Lipinski definition) is 1. The molecule has 0 radical (unpaired) electrons. The highest BCUT2D eigenvalue weighted by molar-refractivity contribution is 4.88. The second-order valence-corrected chi connectivity index (χ2v) is 3.41. The quantitative estimate of drug-likeness (QED) is 0.582. The van der Waals surface area contributed by atoms with Gasteiger partial charge in [0.05, 0.1) is 0 Å². The first-order chi connectivity index (χ1) is 5.18. The summed E-state index contributed by atoms with van der Waals surface area (Å²) in [5.41, 5.74) is 0.276. The van der Waals surface area contributed by atoms with Gasteiger partial charge < -0.3 is 5.32 Å². The summed E-state index contributed by atoms with van der Waals surface area (Å²) in [6, 6.07) is 0. The van der Waals surface area contributed by atoms with Crippen LogP contribution >= 0.6 is 0 Å². The van der Waals surface area contributed by atoms with Gasteiger partial charge in [0.15, 0.2) is 0 Å². The SMILES string of the molecule is C=CCC(C)(CCCC)NC. The predicted octanol–water partition coefficient (Wildman–Crippen LogP) is 2.73. The summed E-state index contributed by atoms with van der Waals surface area (Å²) in [6.45, 7) is 8.24. The van der Waals surface area contributed by atoms with Crippen LogP contribution in [0.2, 0.25) is 0 Å².